The Kier molecular flexibility index (Phi) is 3.83. The van der Waals surface area contributed by atoms with E-state index < -0.39 is 11.7 Å². The lowest BCUT2D eigenvalue weighted by Gasteiger charge is -2.12. The summed E-state index contributed by atoms with van der Waals surface area (Å²) in [6.07, 6.45) is -4.41. The summed E-state index contributed by atoms with van der Waals surface area (Å²) in [5.74, 6) is 0.310. The minimum atomic E-state index is -4.41. The van der Waals surface area contributed by atoms with Crippen LogP contribution in [0.2, 0.25) is 0 Å². The minimum Gasteiger partial charge on any atom is -0.373 e. The molecule has 20 heavy (non-hydrogen) atoms. The number of halogens is 3. The molecule has 2 N–H and O–H groups in total. The highest BCUT2D eigenvalue weighted by atomic mass is 19.4. The number of nitrogens with zero attached hydrogens (tertiary/aromatic N) is 1. The summed E-state index contributed by atoms with van der Waals surface area (Å²) >= 11 is 0. The van der Waals surface area contributed by atoms with Gasteiger partial charge in [-0.3, -0.25) is 0 Å². The van der Waals surface area contributed by atoms with Crippen LogP contribution in [0.1, 0.15) is 11.1 Å². The fraction of sp³-hybridized carbons (Fsp3) is 0.214. The number of alkyl halides is 3. The number of nitrogens with one attached hydrogen (secondary N) is 2. The maximum Gasteiger partial charge on any atom is 0.416 e. The Bertz CT molecular complexity index is 609. The lowest BCUT2D eigenvalue weighted by molar-refractivity contribution is -0.137. The molecule has 0 unspecified atom stereocenters. The van der Waals surface area contributed by atoms with Gasteiger partial charge in [-0.05, 0) is 36.8 Å². The van der Waals surface area contributed by atoms with Crippen molar-refractivity contribution in [2.75, 3.05) is 17.7 Å². The molecule has 0 aliphatic rings. The van der Waals surface area contributed by atoms with E-state index in [2.05, 4.69) is 15.6 Å². The standard InChI is InChI=1S/C14H14F3N3/c1-9-4-3-5-11(6-9)19-13-8-10(14(15,16)17)7-12(18-2)20-13/h3-8H,1-2H3,(H2,18,19,20). The highest BCUT2D eigenvalue weighted by Gasteiger charge is 2.31. The molecule has 1 heterocycles. The molecule has 2 rings (SSSR count). The van der Waals surface area contributed by atoms with Crippen molar-refractivity contribution >= 4 is 17.3 Å². The van der Waals surface area contributed by atoms with Crippen LogP contribution in [0.15, 0.2) is 36.4 Å². The fourth-order valence-electron chi connectivity index (χ4n) is 1.76. The number of aryl methyl sites for hydroxylation is 1. The lowest BCUT2D eigenvalue weighted by Crippen LogP contribution is -2.08. The van der Waals surface area contributed by atoms with Gasteiger partial charge in [0.25, 0.3) is 0 Å². The minimum absolute atomic E-state index is 0.148. The molecule has 2 aromatic rings. The third-order valence-electron chi connectivity index (χ3n) is 2.70. The molecule has 3 nitrogen and oxygen atoms in total. The van der Waals surface area contributed by atoms with Crippen molar-refractivity contribution in [1.82, 2.24) is 4.98 Å². The average Bonchev–Trinajstić information content (AvgIpc) is 2.37. The Hall–Kier alpha value is -2.24. The van der Waals surface area contributed by atoms with E-state index in [1.54, 1.807) is 6.07 Å². The van der Waals surface area contributed by atoms with Crippen molar-refractivity contribution < 1.29 is 13.2 Å². The third-order valence-corrected chi connectivity index (χ3v) is 2.70. The fourth-order valence-corrected chi connectivity index (χ4v) is 1.76. The normalized spacial score (nSPS) is 11.2. The number of hydrogen-bond acceptors (Lipinski definition) is 3. The van der Waals surface area contributed by atoms with Gasteiger partial charge in [0.2, 0.25) is 0 Å². The van der Waals surface area contributed by atoms with E-state index in [4.69, 9.17) is 0 Å². The second-order valence-corrected chi connectivity index (χ2v) is 4.37. The molecule has 0 bridgehead atoms. The van der Waals surface area contributed by atoms with Gasteiger partial charge in [0, 0.05) is 12.7 Å². The molecule has 0 aliphatic heterocycles. The van der Waals surface area contributed by atoms with Gasteiger partial charge in [-0.2, -0.15) is 13.2 Å². The molecule has 0 fully saturated rings. The van der Waals surface area contributed by atoms with Crippen molar-refractivity contribution in [3.63, 3.8) is 0 Å². The van der Waals surface area contributed by atoms with Crippen LogP contribution in [0.3, 0.4) is 0 Å². The van der Waals surface area contributed by atoms with E-state index in [0.29, 0.717) is 5.69 Å². The van der Waals surface area contributed by atoms with Gasteiger partial charge in [-0.15, -0.1) is 0 Å². The molecule has 0 radical (unpaired) electrons. The van der Waals surface area contributed by atoms with Gasteiger partial charge in [0.05, 0.1) is 5.56 Å². The van der Waals surface area contributed by atoms with Crippen molar-refractivity contribution in [3.05, 3.63) is 47.5 Å². The number of rotatable bonds is 3. The SMILES string of the molecule is CNc1cc(C(F)(F)F)cc(Nc2cccc(C)c2)n1. The van der Waals surface area contributed by atoms with Crippen molar-refractivity contribution in [3.8, 4) is 0 Å². The molecule has 0 saturated carbocycles. The summed E-state index contributed by atoms with van der Waals surface area (Å²) in [6, 6.07) is 9.30. The van der Waals surface area contributed by atoms with Crippen LogP contribution >= 0.6 is 0 Å². The zero-order valence-electron chi connectivity index (χ0n) is 11.0. The van der Waals surface area contributed by atoms with Gasteiger partial charge >= 0.3 is 6.18 Å². The lowest BCUT2D eigenvalue weighted by atomic mass is 10.2. The Morgan fingerprint density at radius 1 is 1.05 bits per heavy atom. The molecular weight excluding hydrogens is 267 g/mol. The van der Waals surface area contributed by atoms with Crippen LogP contribution in [0.25, 0.3) is 0 Å². The maximum atomic E-state index is 12.8. The molecular formula is C14H14F3N3. The highest BCUT2D eigenvalue weighted by molar-refractivity contribution is 5.60. The molecule has 0 saturated heterocycles. The summed E-state index contributed by atoms with van der Waals surface area (Å²) in [4.78, 5) is 4.07. The van der Waals surface area contributed by atoms with E-state index >= 15 is 0 Å². The Balaban J connectivity index is 2.36. The average molecular weight is 281 g/mol. The molecule has 0 atom stereocenters. The first-order valence-electron chi connectivity index (χ1n) is 5.99. The molecule has 106 valence electrons. The van der Waals surface area contributed by atoms with Gasteiger partial charge in [-0.25, -0.2) is 4.98 Å². The van der Waals surface area contributed by atoms with Gasteiger partial charge in [-0.1, -0.05) is 12.1 Å². The summed E-state index contributed by atoms with van der Waals surface area (Å²) in [5, 5.41) is 5.51. The number of benzene rings is 1. The topological polar surface area (TPSA) is 37.0 Å². The zero-order chi connectivity index (χ0) is 14.8. The predicted molar refractivity (Wildman–Crippen MR) is 73.2 cm³/mol. The number of aromatic nitrogens is 1. The second kappa shape index (κ2) is 5.40. The van der Waals surface area contributed by atoms with Crippen LogP contribution < -0.4 is 10.6 Å². The van der Waals surface area contributed by atoms with Crippen LogP contribution in [-0.4, -0.2) is 12.0 Å². The van der Waals surface area contributed by atoms with Crippen molar-refractivity contribution in [2.24, 2.45) is 0 Å². The summed E-state index contributed by atoms with van der Waals surface area (Å²) in [7, 11) is 1.53. The van der Waals surface area contributed by atoms with Crippen LogP contribution in [-0.2, 0) is 6.18 Å². The second-order valence-electron chi connectivity index (χ2n) is 4.37. The van der Waals surface area contributed by atoms with E-state index in [-0.39, 0.29) is 11.6 Å². The molecule has 0 aliphatic carbocycles. The molecule has 1 aromatic carbocycles. The van der Waals surface area contributed by atoms with Crippen LogP contribution in [0.4, 0.5) is 30.5 Å². The quantitative estimate of drug-likeness (QED) is 0.885. The van der Waals surface area contributed by atoms with Gasteiger partial charge < -0.3 is 10.6 Å². The largest absolute Gasteiger partial charge is 0.416 e. The molecule has 0 amide bonds. The van der Waals surface area contributed by atoms with Crippen molar-refractivity contribution in [1.29, 1.82) is 0 Å². The smallest absolute Gasteiger partial charge is 0.373 e. The van der Waals surface area contributed by atoms with Crippen LogP contribution in [0, 0.1) is 6.92 Å². The summed E-state index contributed by atoms with van der Waals surface area (Å²) in [5.41, 5.74) is 0.960. The molecule has 1 aromatic heterocycles. The highest BCUT2D eigenvalue weighted by Crippen LogP contribution is 2.32. The third kappa shape index (κ3) is 3.40. The first kappa shape index (κ1) is 14.2. The zero-order valence-corrected chi connectivity index (χ0v) is 11.0. The van der Waals surface area contributed by atoms with E-state index in [9.17, 15) is 13.2 Å². The molecule has 0 spiro atoms. The van der Waals surface area contributed by atoms with E-state index in [1.807, 2.05) is 25.1 Å². The van der Waals surface area contributed by atoms with Gasteiger partial charge in [0.1, 0.15) is 11.6 Å². The Morgan fingerprint density at radius 2 is 1.75 bits per heavy atom. The molecule has 6 heteroatoms. The first-order chi connectivity index (χ1) is 9.38. The maximum absolute atomic E-state index is 12.8. The summed E-state index contributed by atoms with van der Waals surface area (Å²) < 4.78 is 38.4. The van der Waals surface area contributed by atoms with Crippen molar-refractivity contribution in [2.45, 2.75) is 13.1 Å². The number of pyridine rings is 1. The first-order valence-corrected chi connectivity index (χ1v) is 5.99. The Labute approximate surface area is 114 Å². The number of hydrogen-bond donors (Lipinski definition) is 2. The van der Waals surface area contributed by atoms with E-state index in [1.165, 1.54) is 7.05 Å². The monoisotopic (exact) mass is 281 g/mol. The van der Waals surface area contributed by atoms with E-state index in [0.717, 1.165) is 17.7 Å². The van der Waals surface area contributed by atoms with Gasteiger partial charge in [0.15, 0.2) is 0 Å². The number of anilines is 3. The Morgan fingerprint density at radius 3 is 2.35 bits per heavy atom. The summed E-state index contributed by atoms with van der Waals surface area (Å²) in [6.45, 7) is 1.91. The predicted octanol–water partition coefficient (Wildman–Crippen LogP) is 4.19. The van der Waals surface area contributed by atoms with Crippen LogP contribution in [0.5, 0.6) is 0 Å².